The van der Waals surface area contributed by atoms with Crippen molar-refractivity contribution in [2.45, 2.75) is 62.9 Å². The van der Waals surface area contributed by atoms with Crippen molar-refractivity contribution in [1.82, 2.24) is 9.55 Å². The maximum absolute atomic E-state index is 14.0. The first-order chi connectivity index (χ1) is 19.1. The van der Waals surface area contributed by atoms with Crippen LogP contribution in [-0.2, 0) is 17.8 Å². The maximum Gasteiger partial charge on any atom is 0.262 e. The molecule has 1 unspecified atom stereocenters. The minimum absolute atomic E-state index is 0.0735. The van der Waals surface area contributed by atoms with E-state index in [1.54, 1.807) is 4.57 Å². The molecule has 1 aromatic heterocycles. The molecule has 3 aromatic carbocycles. The van der Waals surface area contributed by atoms with Crippen molar-refractivity contribution in [1.29, 1.82) is 0 Å². The number of hydrogen-bond donors (Lipinski definition) is 1. The van der Waals surface area contributed by atoms with E-state index < -0.39 is 5.25 Å². The minimum atomic E-state index is -0.394. The van der Waals surface area contributed by atoms with Crippen LogP contribution in [0.3, 0.4) is 0 Å². The molecule has 202 valence electrons. The van der Waals surface area contributed by atoms with Gasteiger partial charge >= 0.3 is 0 Å². The maximum atomic E-state index is 14.0. The summed E-state index contributed by atoms with van der Waals surface area (Å²) in [6, 6.07) is 23.9. The number of nitrogens with one attached hydrogen (secondary N) is 1. The first kappa shape index (κ1) is 27.0. The van der Waals surface area contributed by atoms with Gasteiger partial charge in [-0.3, -0.25) is 14.2 Å². The second kappa shape index (κ2) is 12.5. The Labute approximate surface area is 234 Å². The SMILES string of the molecule is CCc1ccc(NC(=O)C(CC)Sc2nc3ccc(N4CCCCC4)cc3c(=O)n2Cc2ccccc2)cc1. The number of rotatable bonds is 9. The largest absolute Gasteiger partial charge is 0.372 e. The molecule has 1 saturated heterocycles. The summed E-state index contributed by atoms with van der Waals surface area (Å²) >= 11 is 1.36. The Hall–Kier alpha value is -3.58. The van der Waals surface area contributed by atoms with Crippen LogP contribution < -0.4 is 15.8 Å². The van der Waals surface area contributed by atoms with Crippen molar-refractivity contribution in [3.63, 3.8) is 0 Å². The zero-order chi connectivity index (χ0) is 27.2. The lowest BCUT2D eigenvalue weighted by molar-refractivity contribution is -0.115. The monoisotopic (exact) mass is 540 g/mol. The van der Waals surface area contributed by atoms with E-state index in [0.717, 1.165) is 36.4 Å². The molecule has 1 aliphatic rings. The molecule has 0 aliphatic carbocycles. The summed E-state index contributed by atoms with van der Waals surface area (Å²) in [5.74, 6) is -0.0900. The van der Waals surface area contributed by atoms with Gasteiger partial charge in [-0.05, 0) is 73.6 Å². The van der Waals surface area contributed by atoms with E-state index >= 15 is 0 Å². The lowest BCUT2D eigenvalue weighted by Gasteiger charge is -2.29. The molecule has 0 spiro atoms. The van der Waals surface area contributed by atoms with Gasteiger partial charge < -0.3 is 10.2 Å². The fourth-order valence-electron chi connectivity index (χ4n) is 5.03. The third kappa shape index (κ3) is 6.36. The molecule has 1 aliphatic heterocycles. The third-order valence-electron chi connectivity index (χ3n) is 7.35. The number of fused-ring (bicyclic) bond motifs is 1. The standard InChI is InChI=1S/C32H36N4O2S/c1-3-23-13-15-25(16-14-23)33-30(37)29(4-2)39-32-34-28-18-17-26(35-19-9-6-10-20-35)21-27(28)31(38)36(32)22-24-11-7-5-8-12-24/h5,7-8,11-18,21,29H,3-4,6,9-10,19-20,22H2,1-2H3,(H,33,37). The Morgan fingerprint density at radius 1 is 0.949 bits per heavy atom. The molecule has 2 heterocycles. The molecule has 0 bridgehead atoms. The average Bonchev–Trinajstić information content (AvgIpc) is 2.99. The zero-order valence-electron chi connectivity index (χ0n) is 22.7. The van der Waals surface area contributed by atoms with Gasteiger partial charge in [-0.1, -0.05) is 68.1 Å². The van der Waals surface area contributed by atoms with E-state index in [9.17, 15) is 9.59 Å². The molecule has 39 heavy (non-hydrogen) atoms. The number of piperidine rings is 1. The van der Waals surface area contributed by atoms with Crippen LogP contribution in [0.2, 0.25) is 0 Å². The van der Waals surface area contributed by atoms with E-state index in [4.69, 9.17) is 4.98 Å². The Morgan fingerprint density at radius 2 is 1.69 bits per heavy atom. The van der Waals surface area contributed by atoms with Gasteiger partial charge in [0.15, 0.2) is 5.16 Å². The molecule has 4 aromatic rings. The Bertz CT molecular complexity index is 1480. The van der Waals surface area contributed by atoms with E-state index in [2.05, 4.69) is 23.2 Å². The number of carbonyl (C=O) groups excluding carboxylic acids is 1. The average molecular weight is 541 g/mol. The summed E-state index contributed by atoms with van der Waals surface area (Å²) in [6.45, 7) is 6.52. The van der Waals surface area contributed by atoms with Crippen LogP contribution in [0.25, 0.3) is 10.9 Å². The predicted molar refractivity (Wildman–Crippen MR) is 162 cm³/mol. The highest BCUT2D eigenvalue weighted by atomic mass is 32.2. The van der Waals surface area contributed by atoms with Crippen LogP contribution in [0.15, 0.2) is 82.7 Å². The summed E-state index contributed by atoms with van der Waals surface area (Å²) in [5.41, 5.74) is 4.68. The van der Waals surface area contributed by atoms with Gasteiger partial charge in [0.05, 0.1) is 22.7 Å². The number of amides is 1. The molecule has 5 rings (SSSR count). The highest BCUT2D eigenvalue weighted by Crippen LogP contribution is 2.28. The number of aromatic nitrogens is 2. The minimum Gasteiger partial charge on any atom is -0.372 e. The molecular weight excluding hydrogens is 504 g/mol. The summed E-state index contributed by atoms with van der Waals surface area (Å²) in [4.78, 5) is 34.6. The van der Waals surface area contributed by atoms with E-state index in [-0.39, 0.29) is 11.5 Å². The molecule has 1 amide bonds. The number of anilines is 2. The van der Waals surface area contributed by atoms with Crippen LogP contribution in [-0.4, -0.2) is 33.8 Å². The quantitative estimate of drug-likeness (QED) is 0.194. The number of carbonyl (C=O) groups is 1. The summed E-state index contributed by atoms with van der Waals surface area (Å²) in [6.07, 6.45) is 5.16. The van der Waals surface area contributed by atoms with Gasteiger partial charge in [-0.15, -0.1) is 0 Å². The fraction of sp³-hybridized carbons (Fsp3) is 0.344. The second-order valence-electron chi connectivity index (χ2n) is 10.1. The predicted octanol–water partition coefficient (Wildman–Crippen LogP) is 6.51. The van der Waals surface area contributed by atoms with Crippen molar-refractivity contribution >= 4 is 39.9 Å². The van der Waals surface area contributed by atoms with Crippen molar-refractivity contribution in [3.8, 4) is 0 Å². The van der Waals surface area contributed by atoms with E-state index in [0.29, 0.717) is 29.0 Å². The van der Waals surface area contributed by atoms with Crippen LogP contribution in [0, 0.1) is 0 Å². The van der Waals surface area contributed by atoms with Gasteiger partial charge in [0.25, 0.3) is 5.56 Å². The summed E-state index contributed by atoms with van der Waals surface area (Å²) in [5, 5.41) is 3.83. The molecule has 1 N–H and O–H groups in total. The number of aryl methyl sites for hydroxylation is 1. The molecule has 0 saturated carbocycles. The summed E-state index contributed by atoms with van der Waals surface area (Å²) < 4.78 is 1.73. The van der Waals surface area contributed by atoms with Crippen molar-refractivity contribution in [2.75, 3.05) is 23.3 Å². The van der Waals surface area contributed by atoms with Crippen LogP contribution in [0.1, 0.15) is 50.7 Å². The Morgan fingerprint density at radius 3 is 2.38 bits per heavy atom. The van der Waals surface area contributed by atoms with Crippen molar-refractivity contribution in [3.05, 3.63) is 94.3 Å². The second-order valence-corrected chi connectivity index (χ2v) is 11.2. The van der Waals surface area contributed by atoms with Gasteiger partial charge in [0, 0.05) is 24.5 Å². The highest BCUT2D eigenvalue weighted by Gasteiger charge is 2.23. The number of benzene rings is 3. The van der Waals surface area contributed by atoms with Crippen molar-refractivity contribution in [2.24, 2.45) is 0 Å². The smallest absolute Gasteiger partial charge is 0.262 e. The van der Waals surface area contributed by atoms with Gasteiger partial charge in [0.2, 0.25) is 5.91 Å². The van der Waals surface area contributed by atoms with Gasteiger partial charge in [-0.25, -0.2) is 4.98 Å². The van der Waals surface area contributed by atoms with Gasteiger partial charge in [0.1, 0.15) is 0 Å². The van der Waals surface area contributed by atoms with Crippen molar-refractivity contribution < 1.29 is 4.79 Å². The lowest BCUT2D eigenvalue weighted by atomic mass is 10.1. The molecule has 6 nitrogen and oxygen atoms in total. The third-order valence-corrected chi connectivity index (χ3v) is 8.70. The Kier molecular flexibility index (Phi) is 8.67. The Balaban J connectivity index is 1.48. The highest BCUT2D eigenvalue weighted by molar-refractivity contribution is 8.00. The van der Waals surface area contributed by atoms with Gasteiger partial charge in [-0.2, -0.15) is 0 Å². The topological polar surface area (TPSA) is 67.2 Å². The normalized spacial score (nSPS) is 14.4. The number of thioether (sulfide) groups is 1. The van der Waals surface area contributed by atoms with Crippen LogP contribution in [0.5, 0.6) is 0 Å². The van der Waals surface area contributed by atoms with E-state index in [1.807, 2.05) is 73.7 Å². The summed E-state index contributed by atoms with van der Waals surface area (Å²) in [7, 11) is 0. The molecule has 0 radical (unpaired) electrons. The number of hydrogen-bond acceptors (Lipinski definition) is 5. The van der Waals surface area contributed by atoms with E-state index in [1.165, 1.54) is 36.6 Å². The van der Waals surface area contributed by atoms with Crippen LogP contribution >= 0.6 is 11.8 Å². The molecule has 1 fully saturated rings. The number of nitrogens with zero attached hydrogens (tertiary/aromatic N) is 3. The first-order valence-corrected chi connectivity index (χ1v) is 14.8. The lowest BCUT2D eigenvalue weighted by Crippen LogP contribution is -2.30. The molecule has 7 heteroatoms. The zero-order valence-corrected chi connectivity index (χ0v) is 23.5. The first-order valence-electron chi connectivity index (χ1n) is 14.0. The van der Waals surface area contributed by atoms with Crippen LogP contribution in [0.4, 0.5) is 11.4 Å². The fourth-order valence-corrected chi connectivity index (χ4v) is 6.04. The molecule has 1 atom stereocenters. The molecular formula is C32H36N4O2S.